The molecule has 53 heavy (non-hydrogen) atoms. The summed E-state index contributed by atoms with van der Waals surface area (Å²) in [6.07, 6.45) is 7.27. The van der Waals surface area contributed by atoms with E-state index in [4.69, 9.17) is 5.73 Å². The van der Waals surface area contributed by atoms with Gasteiger partial charge in [0.15, 0.2) is 5.69 Å². The van der Waals surface area contributed by atoms with Crippen molar-refractivity contribution < 1.29 is 36.7 Å². The van der Waals surface area contributed by atoms with Crippen LogP contribution in [0, 0.1) is 23.7 Å². The highest BCUT2D eigenvalue weighted by molar-refractivity contribution is 6.13. The highest BCUT2D eigenvalue weighted by Crippen LogP contribution is 2.43. The third kappa shape index (κ3) is 8.94. The summed E-state index contributed by atoms with van der Waals surface area (Å²) in [6.45, 7) is 1.02. The predicted octanol–water partition coefficient (Wildman–Crippen LogP) is 5.79. The van der Waals surface area contributed by atoms with Crippen molar-refractivity contribution in [3.05, 3.63) is 82.7 Å². The highest BCUT2D eigenvalue weighted by Gasteiger charge is 2.35. The first-order chi connectivity index (χ1) is 25.4. The fourth-order valence-corrected chi connectivity index (χ4v) is 7.43. The molecule has 2 aromatic heterocycles. The minimum absolute atomic E-state index is 0.00174. The molecule has 3 amide bonds. The Bertz CT molecular complexity index is 1930. The van der Waals surface area contributed by atoms with Crippen molar-refractivity contribution >= 4 is 40.9 Å². The summed E-state index contributed by atoms with van der Waals surface area (Å²) in [5, 5.41) is 15.8. The molecule has 3 aliphatic rings. The Morgan fingerprint density at radius 2 is 1.79 bits per heavy atom. The van der Waals surface area contributed by atoms with Crippen molar-refractivity contribution in [1.82, 2.24) is 20.1 Å². The summed E-state index contributed by atoms with van der Waals surface area (Å²) in [4.78, 5) is 54.3. The number of amides is 3. The lowest BCUT2D eigenvalue weighted by Gasteiger charge is -2.19. The summed E-state index contributed by atoms with van der Waals surface area (Å²) in [7, 11) is 0. The van der Waals surface area contributed by atoms with Gasteiger partial charge in [0, 0.05) is 13.1 Å². The third-order valence-electron chi connectivity index (χ3n) is 10.1. The van der Waals surface area contributed by atoms with E-state index in [1.54, 1.807) is 4.68 Å². The van der Waals surface area contributed by atoms with Gasteiger partial charge in [-0.25, -0.2) is 14.5 Å². The van der Waals surface area contributed by atoms with Gasteiger partial charge in [-0.15, -0.1) is 0 Å². The Morgan fingerprint density at radius 3 is 2.43 bits per heavy atom. The van der Waals surface area contributed by atoms with Crippen LogP contribution in [0.1, 0.15) is 89.4 Å². The molecule has 0 spiro atoms. The molecule has 6 N–H and O–H groups in total. The van der Waals surface area contributed by atoms with Gasteiger partial charge in [0.05, 0.1) is 41.3 Å². The molecule has 280 valence electrons. The van der Waals surface area contributed by atoms with Crippen LogP contribution in [-0.2, 0) is 22.2 Å². The molecule has 0 aliphatic heterocycles. The van der Waals surface area contributed by atoms with Gasteiger partial charge in [-0.2, -0.15) is 22.7 Å². The number of rotatable bonds is 15. The van der Waals surface area contributed by atoms with E-state index in [9.17, 15) is 36.7 Å². The number of nitrogens with one attached hydrogen (secondary N) is 4. The van der Waals surface area contributed by atoms with Gasteiger partial charge in [-0.05, 0) is 80.0 Å². The Hall–Kier alpha value is -5.50. The largest absolute Gasteiger partial charge is 0.416 e. The zero-order valence-electron chi connectivity index (χ0n) is 28.8. The molecule has 0 saturated heterocycles. The second-order valence-electron chi connectivity index (χ2n) is 13.8. The second-order valence-corrected chi connectivity index (χ2v) is 13.8. The molecule has 16 heteroatoms. The number of primary amides is 1. The van der Waals surface area contributed by atoms with E-state index in [1.165, 1.54) is 18.6 Å². The van der Waals surface area contributed by atoms with Crippen LogP contribution >= 0.6 is 0 Å². The topological polar surface area (TPSA) is 173 Å². The van der Waals surface area contributed by atoms with Crippen LogP contribution in [0.5, 0.6) is 0 Å². The zero-order chi connectivity index (χ0) is 37.7. The quantitative estimate of drug-likeness (QED) is 0.0429. The van der Waals surface area contributed by atoms with E-state index in [0.29, 0.717) is 54.9 Å². The molecule has 3 unspecified atom stereocenters. The Labute approximate surface area is 302 Å². The van der Waals surface area contributed by atoms with Crippen molar-refractivity contribution in [2.75, 3.05) is 29.0 Å². The first kappa shape index (κ1) is 37.3. The van der Waals surface area contributed by atoms with Gasteiger partial charge in [0.1, 0.15) is 17.3 Å². The number of allylic oxidation sites excluding steroid dienone is 3. The van der Waals surface area contributed by atoms with Crippen LogP contribution < -0.4 is 27.0 Å². The lowest BCUT2D eigenvalue weighted by atomic mass is 9.93. The summed E-state index contributed by atoms with van der Waals surface area (Å²) in [5.41, 5.74) is 4.76. The molecule has 12 nitrogen and oxygen atoms in total. The van der Waals surface area contributed by atoms with Crippen molar-refractivity contribution in [2.45, 2.75) is 70.0 Å². The number of hydrogen-bond acceptors (Lipinski definition) is 8. The summed E-state index contributed by atoms with van der Waals surface area (Å²) < 4.78 is 55.0. The Kier molecular flexibility index (Phi) is 11.3. The number of halogens is 4. The number of aromatic nitrogens is 3. The number of nitrogens with zero attached hydrogens (tertiary/aromatic N) is 3. The lowest BCUT2D eigenvalue weighted by molar-refractivity contribution is -0.137. The predicted molar refractivity (Wildman–Crippen MR) is 188 cm³/mol. The monoisotopic (exact) mass is 736 g/mol. The van der Waals surface area contributed by atoms with Crippen molar-refractivity contribution in [1.29, 1.82) is 0 Å². The summed E-state index contributed by atoms with van der Waals surface area (Å²) in [6, 6.07) is 5.07. The van der Waals surface area contributed by atoms with Crippen LogP contribution in [0.4, 0.5) is 34.8 Å². The molecular weight excluding hydrogens is 696 g/mol. The fraction of sp³-hybridized carbons (Fsp3) is 0.432. The van der Waals surface area contributed by atoms with E-state index in [-0.39, 0.29) is 35.2 Å². The Morgan fingerprint density at radius 1 is 1.04 bits per heavy atom. The van der Waals surface area contributed by atoms with Crippen molar-refractivity contribution in [3.8, 4) is 0 Å². The van der Waals surface area contributed by atoms with Gasteiger partial charge in [-0.3, -0.25) is 14.4 Å². The van der Waals surface area contributed by atoms with Crippen LogP contribution in [0.3, 0.4) is 0 Å². The number of nitrogens with two attached hydrogens (primary N) is 1. The van der Waals surface area contributed by atoms with Gasteiger partial charge >= 0.3 is 6.18 Å². The van der Waals surface area contributed by atoms with Gasteiger partial charge < -0.3 is 27.0 Å². The second kappa shape index (κ2) is 16.0. The number of alkyl halides is 3. The van der Waals surface area contributed by atoms with Gasteiger partial charge in [0.2, 0.25) is 11.9 Å². The van der Waals surface area contributed by atoms with Crippen molar-refractivity contribution in [2.24, 2.45) is 23.5 Å². The highest BCUT2D eigenvalue weighted by atomic mass is 19.4. The lowest BCUT2D eigenvalue weighted by Crippen LogP contribution is -2.25. The fourth-order valence-electron chi connectivity index (χ4n) is 7.43. The van der Waals surface area contributed by atoms with E-state index in [0.717, 1.165) is 56.5 Å². The SMILES string of the molecule is NC(=O)c1c(C(=O)Nc2cc(NC(=O)Cc3ccc(C(F)(F)F)cc3)cnc2F)nn(C2CCCC2)c1NCCCC(=C=O)NCC1CC2C=CC1C2. The summed E-state index contributed by atoms with van der Waals surface area (Å²) >= 11 is 0. The molecule has 3 aromatic rings. The maximum Gasteiger partial charge on any atom is 0.416 e. The molecule has 3 aliphatic carbocycles. The smallest absolute Gasteiger partial charge is 0.379 e. The average Bonchev–Trinajstić information content (AvgIpc) is 3.94. The van der Waals surface area contributed by atoms with Crippen molar-refractivity contribution in [3.63, 3.8) is 0 Å². The number of carbonyl (C=O) groups excluding carboxylic acids is 4. The van der Waals surface area contributed by atoms with Crippen LogP contribution in [0.2, 0.25) is 0 Å². The maximum absolute atomic E-state index is 14.8. The molecule has 2 heterocycles. The molecular formula is C37H40F4N8O4. The maximum atomic E-state index is 14.8. The zero-order valence-corrected chi connectivity index (χ0v) is 28.8. The normalized spacial score (nSPS) is 19.2. The first-order valence-electron chi connectivity index (χ1n) is 17.6. The number of fused-ring (bicyclic) bond motifs is 2. The van der Waals surface area contributed by atoms with E-state index in [2.05, 4.69) is 43.5 Å². The number of benzene rings is 1. The average molecular weight is 737 g/mol. The van der Waals surface area contributed by atoms with E-state index >= 15 is 0 Å². The number of carbonyl (C=O) groups is 3. The molecule has 2 bridgehead atoms. The summed E-state index contributed by atoms with van der Waals surface area (Å²) in [5.74, 6) is 0.323. The number of pyridine rings is 1. The number of anilines is 3. The Balaban J connectivity index is 1.11. The van der Waals surface area contributed by atoms with Crippen LogP contribution in [0.25, 0.3) is 0 Å². The first-order valence-corrected chi connectivity index (χ1v) is 17.6. The molecule has 3 atom stereocenters. The third-order valence-corrected chi connectivity index (χ3v) is 10.1. The standard InChI is InChI=1S/C37H40F4N8O4/c38-33-29(17-27(19-45-33)46-30(51)16-21-8-11-25(12-9-21)37(39,40)41)47-36(53)32-31(34(42)52)35(49(48-32)28-5-1-2-6-28)43-13-3-4-26(20-50)44-18-24-15-22-7-10-23(24)14-22/h7-12,17,19,22-24,28,43-44H,1-6,13-16,18H2,(H2,42,52)(H,46,51)(H,47,53). The number of hydrogen-bond donors (Lipinski definition) is 5. The van der Waals surface area contributed by atoms with Crippen LogP contribution in [-0.4, -0.2) is 51.5 Å². The minimum atomic E-state index is -4.52. The van der Waals surface area contributed by atoms with E-state index < -0.39 is 41.1 Å². The molecule has 0 radical (unpaired) electrons. The van der Waals surface area contributed by atoms with Gasteiger partial charge in [0.25, 0.3) is 11.8 Å². The van der Waals surface area contributed by atoms with Gasteiger partial charge in [-0.1, -0.05) is 37.1 Å². The van der Waals surface area contributed by atoms with E-state index in [1.807, 2.05) is 5.94 Å². The molecule has 1 aromatic carbocycles. The molecule has 2 fully saturated rings. The molecule has 2 saturated carbocycles. The van der Waals surface area contributed by atoms with Crippen LogP contribution in [0.15, 0.2) is 54.4 Å². The molecule has 6 rings (SSSR count). The minimum Gasteiger partial charge on any atom is -0.379 e.